The van der Waals surface area contributed by atoms with Gasteiger partial charge in [-0.3, -0.25) is 9.78 Å². The fraction of sp³-hybridized carbons (Fsp3) is 0.368. The van der Waals surface area contributed by atoms with Crippen LogP contribution in [0.3, 0.4) is 0 Å². The van der Waals surface area contributed by atoms with Gasteiger partial charge in [0, 0.05) is 24.0 Å². The van der Waals surface area contributed by atoms with E-state index in [1.807, 2.05) is 32.9 Å². The molecule has 0 fully saturated rings. The summed E-state index contributed by atoms with van der Waals surface area (Å²) in [5.74, 6) is 0.836. The molecule has 0 spiro atoms. The molecule has 1 amide bonds. The van der Waals surface area contributed by atoms with Crippen molar-refractivity contribution in [3.8, 4) is 5.75 Å². The van der Waals surface area contributed by atoms with E-state index in [-0.39, 0.29) is 18.1 Å². The van der Waals surface area contributed by atoms with Crippen molar-refractivity contribution < 1.29 is 9.53 Å². The minimum absolute atomic E-state index is 0.0550. The highest BCUT2D eigenvalue weighted by atomic mass is 16.5. The number of aryl methyl sites for hydroxylation is 1. The van der Waals surface area contributed by atoms with E-state index in [1.165, 1.54) is 5.56 Å². The molecule has 0 aliphatic carbocycles. The quantitative estimate of drug-likeness (QED) is 0.849. The summed E-state index contributed by atoms with van der Waals surface area (Å²) in [6.07, 6.45) is 5.24. The van der Waals surface area contributed by atoms with Crippen molar-refractivity contribution in [2.45, 2.75) is 45.8 Å². The minimum Gasteiger partial charge on any atom is -0.491 e. The van der Waals surface area contributed by atoms with Gasteiger partial charge in [-0.2, -0.15) is 0 Å². The van der Waals surface area contributed by atoms with Crippen molar-refractivity contribution >= 4 is 5.91 Å². The third-order valence-electron chi connectivity index (χ3n) is 3.48. The molecule has 23 heavy (non-hydrogen) atoms. The van der Waals surface area contributed by atoms with Gasteiger partial charge in [0.05, 0.1) is 6.10 Å². The van der Waals surface area contributed by atoms with Gasteiger partial charge in [-0.1, -0.05) is 12.1 Å². The highest BCUT2D eigenvalue weighted by Gasteiger charge is 2.09. The van der Waals surface area contributed by atoms with Gasteiger partial charge < -0.3 is 10.1 Å². The third kappa shape index (κ3) is 5.74. The second-order valence-corrected chi connectivity index (χ2v) is 5.96. The molecule has 0 unspecified atom stereocenters. The maximum atomic E-state index is 12.1. The second kappa shape index (κ2) is 8.32. The van der Waals surface area contributed by atoms with Crippen molar-refractivity contribution in [1.82, 2.24) is 10.3 Å². The molecular weight excluding hydrogens is 288 g/mol. The number of benzene rings is 1. The van der Waals surface area contributed by atoms with Crippen molar-refractivity contribution in [2.24, 2.45) is 0 Å². The molecule has 0 saturated heterocycles. The maximum absolute atomic E-state index is 12.1. The van der Waals surface area contributed by atoms with Gasteiger partial charge in [-0.15, -0.1) is 0 Å². The molecule has 2 aromatic rings. The normalized spacial score (nSPS) is 12.0. The molecule has 0 radical (unpaired) electrons. The molecule has 0 saturated carbocycles. The number of pyridine rings is 1. The molecule has 1 N–H and O–H groups in total. The highest BCUT2D eigenvalue weighted by molar-refractivity contribution is 5.94. The molecule has 0 aliphatic heterocycles. The monoisotopic (exact) mass is 312 g/mol. The zero-order valence-electron chi connectivity index (χ0n) is 14.0. The number of ether oxygens (including phenoxy) is 1. The number of rotatable bonds is 7. The number of carbonyl (C=O) groups is 1. The number of aromatic nitrogens is 1. The lowest BCUT2D eigenvalue weighted by Crippen LogP contribution is -2.32. The molecule has 4 heteroatoms. The average molecular weight is 312 g/mol. The topological polar surface area (TPSA) is 51.2 Å². The first-order chi connectivity index (χ1) is 11.0. The maximum Gasteiger partial charge on any atom is 0.251 e. The van der Waals surface area contributed by atoms with Gasteiger partial charge in [0.1, 0.15) is 5.75 Å². The van der Waals surface area contributed by atoms with E-state index >= 15 is 0 Å². The van der Waals surface area contributed by atoms with Gasteiger partial charge in [0.15, 0.2) is 0 Å². The summed E-state index contributed by atoms with van der Waals surface area (Å²) >= 11 is 0. The first kappa shape index (κ1) is 17.0. The van der Waals surface area contributed by atoms with Crippen LogP contribution in [0.1, 0.15) is 43.1 Å². The zero-order valence-corrected chi connectivity index (χ0v) is 14.0. The summed E-state index contributed by atoms with van der Waals surface area (Å²) in [4.78, 5) is 16.0. The minimum atomic E-state index is -0.0550. The van der Waals surface area contributed by atoms with Crippen LogP contribution in [-0.4, -0.2) is 23.0 Å². The van der Waals surface area contributed by atoms with Gasteiger partial charge in [0.25, 0.3) is 5.91 Å². The lowest BCUT2D eigenvalue weighted by atomic mass is 10.1. The van der Waals surface area contributed by atoms with Crippen LogP contribution in [0.25, 0.3) is 0 Å². The summed E-state index contributed by atoms with van der Waals surface area (Å²) in [6, 6.07) is 11.7. The van der Waals surface area contributed by atoms with Crippen molar-refractivity contribution in [3.63, 3.8) is 0 Å². The summed E-state index contributed by atoms with van der Waals surface area (Å²) in [5.41, 5.74) is 1.88. The molecule has 4 nitrogen and oxygen atoms in total. The van der Waals surface area contributed by atoms with E-state index < -0.39 is 0 Å². The van der Waals surface area contributed by atoms with Crippen molar-refractivity contribution in [2.75, 3.05) is 0 Å². The third-order valence-corrected chi connectivity index (χ3v) is 3.48. The van der Waals surface area contributed by atoms with Crippen LogP contribution in [0, 0.1) is 0 Å². The summed E-state index contributed by atoms with van der Waals surface area (Å²) in [5, 5.41) is 3.01. The van der Waals surface area contributed by atoms with Gasteiger partial charge in [-0.05, 0) is 63.4 Å². The van der Waals surface area contributed by atoms with Crippen LogP contribution in [0.15, 0.2) is 48.8 Å². The van der Waals surface area contributed by atoms with Crippen LogP contribution < -0.4 is 10.1 Å². The molecule has 1 aromatic carbocycles. The Hall–Kier alpha value is -2.36. The van der Waals surface area contributed by atoms with Crippen molar-refractivity contribution in [3.05, 3.63) is 59.9 Å². The van der Waals surface area contributed by atoms with E-state index in [4.69, 9.17) is 4.74 Å². The largest absolute Gasteiger partial charge is 0.491 e. The number of amides is 1. The number of hydrogen-bond acceptors (Lipinski definition) is 3. The summed E-state index contributed by atoms with van der Waals surface area (Å²) in [6.45, 7) is 6.05. The Bertz CT molecular complexity index is 609. The number of carbonyl (C=O) groups excluding carboxylic acids is 1. The first-order valence-corrected chi connectivity index (χ1v) is 8.01. The Balaban J connectivity index is 1.80. The predicted molar refractivity (Wildman–Crippen MR) is 91.7 cm³/mol. The SMILES string of the molecule is CC(C)Oc1ccc(CC[C@H](C)NC(=O)c2ccncc2)cc1. The van der Waals surface area contributed by atoms with Crippen molar-refractivity contribution in [1.29, 1.82) is 0 Å². The molecular formula is C19H24N2O2. The first-order valence-electron chi connectivity index (χ1n) is 8.01. The molecule has 1 aromatic heterocycles. The fourth-order valence-corrected chi connectivity index (χ4v) is 2.27. The van der Waals surface area contributed by atoms with E-state index in [2.05, 4.69) is 22.4 Å². The zero-order chi connectivity index (χ0) is 16.7. The van der Waals surface area contributed by atoms with E-state index in [9.17, 15) is 4.79 Å². The summed E-state index contributed by atoms with van der Waals surface area (Å²) < 4.78 is 5.63. The van der Waals surface area contributed by atoms with Crippen LogP contribution in [0.4, 0.5) is 0 Å². The Morgan fingerprint density at radius 3 is 2.35 bits per heavy atom. The lowest BCUT2D eigenvalue weighted by molar-refractivity contribution is 0.0938. The predicted octanol–water partition coefficient (Wildman–Crippen LogP) is 3.62. The van der Waals surface area contributed by atoms with Gasteiger partial charge >= 0.3 is 0 Å². The van der Waals surface area contributed by atoms with E-state index in [1.54, 1.807) is 24.5 Å². The smallest absolute Gasteiger partial charge is 0.251 e. The number of nitrogens with zero attached hydrogens (tertiary/aromatic N) is 1. The highest BCUT2D eigenvalue weighted by Crippen LogP contribution is 2.15. The van der Waals surface area contributed by atoms with Crippen LogP contribution >= 0.6 is 0 Å². The van der Waals surface area contributed by atoms with Crippen LogP contribution in [-0.2, 0) is 6.42 Å². The molecule has 0 aliphatic rings. The average Bonchev–Trinajstić information content (AvgIpc) is 2.54. The number of nitrogens with one attached hydrogen (secondary N) is 1. The molecule has 1 atom stereocenters. The van der Waals surface area contributed by atoms with Crippen LogP contribution in [0.5, 0.6) is 5.75 Å². The second-order valence-electron chi connectivity index (χ2n) is 5.96. The summed E-state index contributed by atoms with van der Waals surface area (Å²) in [7, 11) is 0. The molecule has 0 bridgehead atoms. The number of hydrogen-bond donors (Lipinski definition) is 1. The van der Waals surface area contributed by atoms with Gasteiger partial charge in [-0.25, -0.2) is 0 Å². The Labute approximate surface area is 137 Å². The molecule has 122 valence electrons. The Morgan fingerprint density at radius 2 is 1.74 bits per heavy atom. The van der Waals surface area contributed by atoms with E-state index in [0.29, 0.717) is 5.56 Å². The molecule has 1 heterocycles. The fourth-order valence-electron chi connectivity index (χ4n) is 2.27. The van der Waals surface area contributed by atoms with Gasteiger partial charge in [0.2, 0.25) is 0 Å². The lowest BCUT2D eigenvalue weighted by Gasteiger charge is -2.14. The van der Waals surface area contributed by atoms with Crippen LogP contribution in [0.2, 0.25) is 0 Å². The Kier molecular flexibility index (Phi) is 6.15. The van der Waals surface area contributed by atoms with E-state index in [0.717, 1.165) is 18.6 Å². The standard InChI is InChI=1S/C19H24N2O2/c1-14(2)23-18-8-6-16(7-9-18)5-4-15(3)21-19(22)17-10-12-20-13-11-17/h6-15H,4-5H2,1-3H3,(H,21,22)/t15-/m0/s1. The Morgan fingerprint density at radius 1 is 1.09 bits per heavy atom. The molecule has 2 rings (SSSR count).